The molecule has 0 bridgehead atoms. The Hall–Kier alpha value is -3.28. The molecule has 6 rings (SSSR count). The van der Waals surface area contributed by atoms with E-state index in [1.165, 1.54) is 7.11 Å². The summed E-state index contributed by atoms with van der Waals surface area (Å²) in [5.74, 6) is -8.82. The molecule has 60 heavy (non-hydrogen) atoms. The third kappa shape index (κ3) is 8.83. The van der Waals surface area contributed by atoms with E-state index in [-0.39, 0.29) is 68.5 Å². The minimum absolute atomic E-state index is 0.0698. The van der Waals surface area contributed by atoms with Crippen molar-refractivity contribution in [1.29, 1.82) is 0 Å². The number of carbonyl (C=O) groups is 5. The number of rotatable bonds is 15. The van der Waals surface area contributed by atoms with Crippen LogP contribution in [0.4, 0.5) is 0 Å². The highest BCUT2D eigenvalue weighted by atomic mass is 16.7. The molecule has 3 aliphatic heterocycles. The van der Waals surface area contributed by atoms with Crippen molar-refractivity contribution in [3.63, 3.8) is 0 Å². The van der Waals surface area contributed by atoms with Gasteiger partial charge in [0.25, 0.3) is 11.8 Å². The maximum Gasteiger partial charge on any atom is 0.340 e. The molecule has 3 saturated carbocycles. The van der Waals surface area contributed by atoms with Gasteiger partial charge in [-0.15, -0.1) is 0 Å². The maximum absolute atomic E-state index is 14.8. The summed E-state index contributed by atoms with van der Waals surface area (Å²) in [4.78, 5) is 70.0. The number of hydrogen-bond donors (Lipinski definition) is 11. The molecule has 20 nitrogen and oxygen atoms in total. The number of ketones is 2. The number of methoxy groups -OCH3 is 1. The number of aliphatic hydroxyl groups is 6. The molecule has 0 aromatic heterocycles. The van der Waals surface area contributed by atoms with E-state index in [0.717, 1.165) is 23.3 Å². The Morgan fingerprint density at radius 2 is 1.75 bits per heavy atom. The molecule has 14 N–H and O–H groups in total. The van der Waals surface area contributed by atoms with Crippen molar-refractivity contribution in [3.05, 3.63) is 12.2 Å². The molecular formula is C40H64N6O14+2. The highest BCUT2D eigenvalue weighted by molar-refractivity contribution is 6.12. The second-order valence-corrected chi connectivity index (χ2v) is 17.6. The van der Waals surface area contributed by atoms with Gasteiger partial charge in [0, 0.05) is 75.3 Å². The highest BCUT2D eigenvalue weighted by Gasteiger charge is 2.64. The summed E-state index contributed by atoms with van der Waals surface area (Å²) >= 11 is 0. The van der Waals surface area contributed by atoms with Crippen LogP contribution in [0.3, 0.4) is 0 Å². The fourth-order valence-electron chi connectivity index (χ4n) is 11.3. The van der Waals surface area contributed by atoms with E-state index in [2.05, 4.69) is 10.3 Å². The predicted molar refractivity (Wildman–Crippen MR) is 206 cm³/mol. The zero-order valence-corrected chi connectivity index (χ0v) is 34.2. The van der Waals surface area contributed by atoms with Gasteiger partial charge in [-0.2, -0.15) is 0 Å². The molecule has 0 radical (unpaired) electrons. The Bertz CT molecular complexity index is 1630. The van der Waals surface area contributed by atoms with Crippen LogP contribution in [-0.4, -0.2) is 173 Å². The quantitative estimate of drug-likeness (QED) is 0.0316. The molecule has 6 aliphatic rings. The molecule has 336 valence electrons. The monoisotopic (exact) mass is 852 g/mol. The summed E-state index contributed by atoms with van der Waals surface area (Å²) < 4.78 is 18.2. The van der Waals surface area contributed by atoms with E-state index in [0.29, 0.717) is 25.8 Å². The number of guanidine groups is 1. The molecule has 0 aromatic carbocycles. The van der Waals surface area contributed by atoms with Crippen LogP contribution in [0.5, 0.6) is 0 Å². The number of carbonyl (C=O) groups excluding carboxylic acids is 5. The number of quaternary nitrogens is 1. The van der Waals surface area contributed by atoms with Gasteiger partial charge in [0.05, 0.1) is 56.9 Å². The molecule has 3 heterocycles. The van der Waals surface area contributed by atoms with Crippen LogP contribution in [-0.2, 0) is 38.2 Å². The summed E-state index contributed by atoms with van der Waals surface area (Å²) in [6.45, 7) is -0.724. The lowest BCUT2D eigenvalue weighted by Crippen LogP contribution is -2.94. The normalized spacial score (nSPS) is 42.8. The lowest BCUT2D eigenvalue weighted by Gasteiger charge is -2.55. The largest absolute Gasteiger partial charge is 0.396 e. The number of piperidine rings is 1. The topological polar surface area (TPSA) is 332 Å². The molecule has 2 amide bonds. The minimum Gasteiger partial charge on any atom is -0.396 e. The number of nitrogens with zero attached hydrogens (tertiary/aromatic N) is 1. The van der Waals surface area contributed by atoms with Crippen LogP contribution < -0.4 is 27.1 Å². The van der Waals surface area contributed by atoms with Gasteiger partial charge in [0.2, 0.25) is 0 Å². The number of ether oxygens (including phenoxy) is 3. The fraction of sp³-hybridized carbons (Fsp3) is 0.800. The Kier molecular flexibility index (Phi) is 15.0. The summed E-state index contributed by atoms with van der Waals surface area (Å²) in [6.07, 6.45) is -6.53. The third-order valence-electron chi connectivity index (χ3n) is 14.5. The van der Waals surface area contributed by atoms with Crippen molar-refractivity contribution in [2.24, 2.45) is 64.7 Å². The van der Waals surface area contributed by atoms with Gasteiger partial charge >= 0.3 is 5.96 Å². The number of imide groups is 1. The number of Topliss-reactive ketones (excluding diaryl/α,β-unsaturated/α-hetero) is 2. The first-order valence-electron chi connectivity index (χ1n) is 21.1. The second kappa shape index (κ2) is 19.4. The van der Waals surface area contributed by atoms with Crippen LogP contribution in [0, 0.1) is 53.3 Å². The zero-order chi connectivity index (χ0) is 43.6. The lowest BCUT2D eigenvalue weighted by atomic mass is 9.51. The van der Waals surface area contributed by atoms with Gasteiger partial charge in [-0.1, -0.05) is 0 Å². The summed E-state index contributed by atoms with van der Waals surface area (Å²) in [5.41, 5.74) is 9.87. The number of aliphatic hydroxyl groups excluding tert-OH is 5. The van der Waals surface area contributed by atoms with Crippen molar-refractivity contribution < 1.29 is 79.1 Å². The number of fused-ring (bicyclic) bond motifs is 2. The van der Waals surface area contributed by atoms with Crippen molar-refractivity contribution in [2.45, 2.75) is 99.6 Å². The van der Waals surface area contributed by atoms with Crippen molar-refractivity contribution in [3.8, 4) is 0 Å². The highest BCUT2D eigenvalue weighted by Crippen LogP contribution is 2.53. The van der Waals surface area contributed by atoms with Gasteiger partial charge < -0.3 is 55.0 Å². The molecule has 20 heteroatoms. The predicted octanol–water partition coefficient (Wildman–Crippen LogP) is -7.03. The number of nitrogens with one attached hydrogen (secondary N) is 2. The SMILES string of the molecule is C[NH+]=C(N)NCC1C(CCC=O)CC2C(=O)C3C(CO)C(OC)CC(OC4OC(CO)C(O)(CC(CN5C(=O)C=CC5=O)C5CC[NH2+]C(N)C5)C(O)C4O)C3C(=O)C2C1O. The van der Waals surface area contributed by atoms with E-state index in [9.17, 15) is 54.6 Å². The van der Waals surface area contributed by atoms with Gasteiger partial charge in [-0.05, 0) is 43.4 Å². The molecule has 5 fully saturated rings. The van der Waals surface area contributed by atoms with Gasteiger partial charge in [-0.3, -0.25) is 45.9 Å². The standard InChI is InChI=1S/C40H62N6O14/c1-43-39(42)45-14-22-19(4-3-9-47)10-21-31(34(22)53)35(54)32-25(12-24(58-2)23(16-48)30(32)33(21)52)59-38-36(55)37(56)40(57,26(17-49)60-38)13-20(18-7-8-44-27(41)11-18)15-46-28(50)5-6-29(46)51/h5-6,9,18-27,30-32,34,36-38,44,48-49,53,55-57H,3-4,7-8,10-17,41H2,1-2H3,(H3,42,43,45)/p+2. The molecule has 0 spiro atoms. The maximum atomic E-state index is 14.8. The third-order valence-corrected chi connectivity index (χ3v) is 14.5. The molecule has 18 unspecified atom stereocenters. The van der Waals surface area contributed by atoms with E-state index < -0.39 is 121 Å². The number of hydrogen-bond acceptors (Lipinski definition) is 15. The van der Waals surface area contributed by atoms with Crippen LogP contribution in [0.1, 0.15) is 44.9 Å². The minimum atomic E-state index is -2.33. The number of nitrogens with two attached hydrogens (primary N) is 3. The first kappa shape index (κ1) is 46.2. The zero-order valence-electron chi connectivity index (χ0n) is 34.2. The van der Waals surface area contributed by atoms with Gasteiger partial charge in [-0.25, -0.2) is 0 Å². The second-order valence-electron chi connectivity index (χ2n) is 17.6. The van der Waals surface area contributed by atoms with Crippen LogP contribution in [0.15, 0.2) is 12.2 Å². The van der Waals surface area contributed by atoms with E-state index in [1.54, 1.807) is 7.05 Å². The fourth-order valence-corrected chi connectivity index (χ4v) is 11.3. The average Bonchev–Trinajstić information content (AvgIpc) is 3.55. The Balaban J connectivity index is 1.27. The van der Waals surface area contributed by atoms with Crippen LogP contribution >= 0.6 is 0 Å². The average molecular weight is 853 g/mol. The lowest BCUT2D eigenvalue weighted by molar-refractivity contribution is -0.699. The van der Waals surface area contributed by atoms with E-state index >= 15 is 0 Å². The Morgan fingerprint density at radius 1 is 1.03 bits per heavy atom. The Morgan fingerprint density at radius 3 is 2.37 bits per heavy atom. The van der Waals surface area contributed by atoms with Gasteiger partial charge in [0.15, 0.2) is 6.29 Å². The van der Waals surface area contributed by atoms with Crippen LogP contribution in [0.2, 0.25) is 0 Å². The van der Waals surface area contributed by atoms with Gasteiger partial charge in [0.1, 0.15) is 47.9 Å². The molecule has 3 aliphatic carbocycles. The summed E-state index contributed by atoms with van der Waals surface area (Å²) in [6, 6.07) is 0. The molecular weight excluding hydrogens is 788 g/mol. The first-order valence-corrected chi connectivity index (χ1v) is 21.1. The van der Waals surface area contributed by atoms with Crippen molar-refractivity contribution in [2.75, 3.05) is 47.0 Å². The van der Waals surface area contributed by atoms with Crippen LogP contribution in [0.25, 0.3) is 0 Å². The number of aldehydes is 1. The number of amides is 2. The van der Waals surface area contributed by atoms with E-state index in [4.69, 9.17) is 25.7 Å². The first-order chi connectivity index (χ1) is 28.6. The molecule has 2 saturated heterocycles. The van der Waals surface area contributed by atoms with Crippen molar-refractivity contribution in [1.82, 2.24) is 10.2 Å². The smallest absolute Gasteiger partial charge is 0.340 e. The van der Waals surface area contributed by atoms with E-state index in [1.807, 2.05) is 5.32 Å². The molecule has 18 atom stereocenters. The summed E-state index contributed by atoms with van der Waals surface area (Å²) in [7, 11) is 2.99. The van der Waals surface area contributed by atoms with Crippen molar-refractivity contribution >= 4 is 35.6 Å². The molecule has 0 aromatic rings. The summed E-state index contributed by atoms with van der Waals surface area (Å²) in [5, 5.41) is 73.8. The Labute approximate surface area is 348 Å².